The Morgan fingerprint density at radius 3 is 2.26 bits per heavy atom. The summed E-state index contributed by atoms with van der Waals surface area (Å²) in [4.78, 5) is 28.6. The Hall–Kier alpha value is -3.36. The zero-order chi connectivity index (χ0) is 28.4. The van der Waals surface area contributed by atoms with Gasteiger partial charge in [-0.1, -0.05) is 66.2 Å². The van der Waals surface area contributed by atoms with Gasteiger partial charge < -0.3 is 10.2 Å². The molecule has 39 heavy (non-hydrogen) atoms. The molecule has 7 nitrogen and oxygen atoms in total. The van der Waals surface area contributed by atoms with Crippen LogP contribution in [0.5, 0.6) is 0 Å². The standard InChI is InChI=1S/C30H36ClN3O4S/c1-4-32-30(36)28(21-24-11-6-5-7-12-24)33(22-25-15-17-26(31)18-16-25)29(35)14-9-19-34(39(3,37)38)27-13-8-10-23(2)20-27/h5-8,10-13,15-18,20,28H,4,9,14,19,21-22H2,1-3H3,(H,32,36)/t28-/m0/s1. The lowest BCUT2D eigenvalue weighted by atomic mass is 10.0. The molecule has 2 amide bonds. The third-order valence-electron chi connectivity index (χ3n) is 6.33. The van der Waals surface area contributed by atoms with Gasteiger partial charge in [-0.3, -0.25) is 13.9 Å². The number of hydrogen-bond donors (Lipinski definition) is 1. The van der Waals surface area contributed by atoms with Gasteiger partial charge in [-0.2, -0.15) is 0 Å². The highest BCUT2D eigenvalue weighted by Crippen LogP contribution is 2.21. The van der Waals surface area contributed by atoms with Gasteiger partial charge in [-0.25, -0.2) is 8.42 Å². The summed E-state index contributed by atoms with van der Waals surface area (Å²) in [6, 6.07) is 23.3. The molecule has 0 spiro atoms. The predicted molar refractivity (Wildman–Crippen MR) is 157 cm³/mol. The van der Waals surface area contributed by atoms with Gasteiger partial charge in [0, 0.05) is 37.5 Å². The van der Waals surface area contributed by atoms with Crippen molar-refractivity contribution in [3.8, 4) is 0 Å². The van der Waals surface area contributed by atoms with Crippen LogP contribution >= 0.6 is 11.6 Å². The molecule has 1 atom stereocenters. The topological polar surface area (TPSA) is 86.8 Å². The van der Waals surface area contributed by atoms with Crippen molar-refractivity contribution in [1.82, 2.24) is 10.2 Å². The number of sulfonamides is 1. The number of benzene rings is 3. The third-order valence-corrected chi connectivity index (χ3v) is 7.78. The fourth-order valence-corrected chi connectivity index (χ4v) is 5.50. The van der Waals surface area contributed by atoms with Gasteiger partial charge in [0.2, 0.25) is 21.8 Å². The molecule has 0 aromatic heterocycles. The van der Waals surface area contributed by atoms with Crippen molar-refractivity contribution >= 4 is 39.1 Å². The van der Waals surface area contributed by atoms with Crippen LogP contribution in [0.4, 0.5) is 5.69 Å². The van der Waals surface area contributed by atoms with Crippen molar-refractivity contribution in [2.24, 2.45) is 0 Å². The zero-order valence-corrected chi connectivity index (χ0v) is 24.2. The minimum absolute atomic E-state index is 0.0795. The fraction of sp³-hybridized carbons (Fsp3) is 0.333. The summed E-state index contributed by atoms with van der Waals surface area (Å²) in [6.07, 6.45) is 1.89. The number of amides is 2. The second-order valence-corrected chi connectivity index (χ2v) is 11.9. The molecular weight excluding hydrogens is 534 g/mol. The number of carbonyl (C=O) groups excluding carboxylic acids is 2. The van der Waals surface area contributed by atoms with Gasteiger partial charge >= 0.3 is 0 Å². The Labute approximate surface area is 236 Å². The minimum Gasteiger partial charge on any atom is -0.355 e. The number of anilines is 1. The number of aryl methyl sites for hydroxylation is 1. The Morgan fingerprint density at radius 2 is 1.64 bits per heavy atom. The van der Waals surface area contributed by atoms with Crippen molar-refractivity contribution in [3.63, 3.8) is 0 Å². The fourth-order valence-electron chi connectivity index (χ4n) is 4.42. The molecule has 1 N–H and O–H groups in total. The van der Waals surface area contributed by atoms with E-state index in [1.807, 2.05) is 68.4 Å². The third kappa shape index (κ3) is 9.11. The maximum atomic E-state index is 13.7. The van der Waals surface area contributed by atoms with E-state index in [-0.39, 0.29) is 31.3 Å². The normalized spacial score (nSPS) is 12.0. The maximum absolute atomic E-state index is 13.7. The van der Waals surface area contributed by atoms with E-state index in [9.17, 15) is 18.0 Å². The van der Waals surface area contributed by atoms with Gasteiger partial charge in [-0.05, 0) is 61.2 Å². The van der Waals surface area contributed by atoms with Crippen molar-refractivity contribution in [3.05, 3.63) is 101 Å². The summed E-state index contributed by atoms with van der Waals surface area (Å²) in [6.45, 7) is 4.54. The van der Waals surface area contributed by atoms with E-state index in [0.717, 1.165) is 22.9 Å². The van der Waals surface area contributed by atoms with E-state index in [2.05, 4.69) is 5.32 Å². The molecule has 3 aromatic carbocycles. The summed E-state index contributed by atoms with van der Waals surface area (Å²) in [7, 11) is -3.55. The van der Waals surface area contributed by atoms with Crippen LogP contribution in [0.1, 0.15) is 36.5 Å². The minimum atomic E-state index is -3.55. The van der Waals surface area contributed by atoms with E-state index >= 15 is 0 Å². The molecule has 9 heteroatoms. The quantitative estimate of drug-likeness (QED) is 0.315. The Kier molecular flexibility index (Phi) is 10.9. The average Bonchev–Trinajstić information content (AvgIpc) is 2.89. The summed E-state index contributed by atoms with van der Waals surface area (Å²) >= 11 is 6.07. The Balaban J connectivity index is 1.85. The molecule has 0 unspecified atom stereocenters. The average molecular weight is 570 g/mol. The highest BCUT2D eigenvalue weighted by Gasteiger charge is 2.30. The van der Waals surface area contributed by atoms with Gasteiger partial charge in [0.15, 0.2) is 0 Å². The number of halogens is 1. The molecule has 0 heterocycles. The first-order valence-corrected chi connectivity index (χ1v) is 15.2. The van der Waals surface area contributed by atoms with Crippen molar-refractivity contribution in [1.29, 1.82) is 0 Å². The molecule has 0 saturated carbocycles. The van der Waals surface area contributed by atoms with Crippen LogP contribution in [0, 0.1) is 6.92 Å². The van der Waals surface area contributed by atoms with Crippen molar-refractivity contribution in [2.45, 2.75) is 45.7 Å². The van der Waals surface area contributed by atoms with Crippen LogP contribution in [0.2, 0.25) is 5.02 Å². The lowest BCUT2D eigenvalue weighted by molar-refractivity contribution is -0.141. The highest BCUT2D eigenvalue weighted by atomic mass is 35.5. The smallest absolute Gasteiger partial charge is 0.243 e. The molecule has 0 saturated heterocycles. The molecule has 0 radical (unpaired) electrons. The van der Waals surface area contributed by atoms with Crippen LogP contribution in [0.25, 0.3) is 0 Å². The molecule has 3 aromatic rings. The van der Waals surface area contributed by atoms with Crippen LogP contribution in [0.3, 0.4) is 0 Å². The molecule has 0 aliphatic heterocycles. The van der Waals surface area contributed by atoms with Crippen LogP contribution in [0.15, 0.2) is 78.9 Å². The van der Waals surface area contributed by atoms with Crippen molar-refractivity contribution in [2.75, 3.05) is 23.7 Å². The zero-order valence-electron chi connectivity index (χ0n) is 22.6. The molecular formula is C30H36ClN3O4S. The van der Waals surface area contributed by atoms with Gasteiger partial charge in [-0.15, -0.1) is 0 Å². The van der Waals surface area contributed by atoms with E-state index in [0.29, 0.717) is 30.1 Å². The van der Waals surface area contributed by atoms with Gasteiger partial charge in [0.1, 0.15) is 6.04 Å². The lowest BCUT2D eigenvalue weighted by Gasteiger charge is -2.32. The van der Waals surface area contributed by atoms with Crippen molar-refractivity contribution < 1.29 is 18.0 Å². The van der Waals surface area contributed by atoms with Crippen LogP contribution in [-0.4, -0.2) is 50.5 Å². The molecule has 0 aliphatic carbocycles. The molecule has 0 aliphatic rings. The molecule has 0 fully saturated rings. The molecule has 0 bridgehead atoms. The van der Waals surface area contributed by atoms with Gasteiger partial charge in [0.25, 0.3) is 0 Å². The molecule has 208 valence electrons. The number of nitrogens with one attached hydrogen (secondary N) is 1. The number of carbonyl (C=O) groups is 2. The summed E-state index contributed by atoms with van der Waals surface area (Å²) in [5.41, 5.74) is 3.28. The van der Waals surface area contributed by atoms with E-state index in [4.69, 9.17) is 11.6 Å². The first-order chi connectivity index (χ1) is 18.6. The first kappa shape index (κ1) is 30.2. The maximum Gasteiger partial charge on any atom is 0.243 e. The number of likely N-dealkylation sites (N-methyl/N-ethyl adjacent to an activating group) is 1. The molecule has 3 rings (SSSR count). The number of nitrogens with zero attached hydrogens (tertiary/aromatic N) is 2. The monoisotopic (exact) mass is 569 g/mol. The largest absolute Gasteiger partial charge is 0.355 e. The summed E-state index contributed by atoms with van der Waals surface area (Å²) < 4.78 is 26.4. The predicted octanol–water partition coefficient (Wildman–Crippen LogP) is 4.97. The SMILES string of the molecule is CCNC(=O)[C@H](Cc1ccccc1)N(Cc1ccc(Cl)cc1)C(=O)CCCN(c1cccc(C)c1)S(C)(=O)=O. The van der Waals surface area contributed by atoms with Crippen LogP contribution < -0.4 is 9.62 Å². The second kappa shape index (κ2) is 14.1. The van der Waals surface area contributed by atoms with E-state index in [1.54, 1.807) is 29.2 Å². The van der Waals surface area contributed by atoms with Crippen LogP contribution in [-0.2, 0) is 32.6 Å². The van der Waals surface area contributed by atoms with E-state index < -0.39 is 16.1 Å². The Morgan fingerprint density at radius 1 is 0.949 bits per heavy atom. The van der Waals surface area contributed by atoms with Gasteiger partial charge in [0.05, 0.1) is 11.9 Å². The Bertz CT molecular complexity index is 1350. The highest BCUT2D eigenvalue weighted by molar-refractivity contribution is 7.92. The lowest BCUT2D eigenvalue weighted by Crippen LogP contribution is -2.50. The number of hydrogen-bond acceptors (Lipinski definition) is 4. The summed E-state index contributed by atoms with van der Waals surface area (Å²) in [5, 5.41) is 3.46. The number of rotatable bonds is 13. The first-order valence-electron chi connectivity index (χ1n) is 13.0. The second-order valence-electron chi connectivity index (χ2n) is 9.53. The summed E-state index contributed by atoms with van der Waals surface area (Å²) in [5.74, 6) is -0.462. The van der Waals surface area contributed by atoms with E-state index in [1.165, 1.54) is 4.31 Å².